The Morgan fingerprint density at radius 1 is 1.33 bits per heavy atom. The third-order valence-corrected chi connectivity index (χ3v) is 5.59. The van der Waals surface area contributed by atoms with E-state index in [0.717, 1.165) is 50.2 Å². The number of carbonyl (C=O) groups excluding carboxylic acids is 1. The van der Waals surface area contributed by atoms with Crippen molar-refractivity contribution in [1.29, 1.82) is 0 Å². The minimum Gasteiger partial charge on any atom is -0.339 e. The maximum Gasteiger partial charge on any atom is 0.256 e. The van der Waals surface area contributed by atoms with Gasteiger partial charge in [-0.05, 0) is 55.4 Å². The lowest BCUT2D eigenvalue weighted by Crippen LogP contribution is -2.46. The number of hydrogen-bond acceptors (Lipinski definition) is 5. The van der Waals surface area contributed by atoms with E-state index in [-0.39, 0.29) is 5.91 Å². The highest BCUT2D eigenvalue weighted by atomic mass is 32.1. The van der Waals surface area contributed by atoms with Crippen molar-refractivity contribution in [1.82, 2.24) is 19.2 Å². The zero-order chi connectivity index (χ0) is 16.9. The zero-order valence-electron chi connectivity index (χ0n) is 14.3. The predicted octanol–water partition coefficient (Wildman–Crippen LogP) is 2.63. The van der Waals surface area contributed by atoms with Crippen LogP contribution in [0.15, 0.2) is 29.9 Å². The van der Waals surface area contributed by atoms with Gasteiger partial charge in [-0.3, -0.25) is 9.78 Å². The quantitative estimate of drug-likeness (QED) is 0.837. The fourth-order valence-electron chi connectivity index (χ4n) is 3.22. The SMILES string of the molecule is Cc1nscc1C(=O)N(C)C1CCN(CCc2ccncc2)CC1. The number of amides is 1. The first kappa shape index (κ1) is 17.0. The van der Waals surface area contributed by atoms with E-state index in [9.17, 15) is 4.79 Å². The van der Waals surface area contributed by atoms with Crippen LogP contribution in [-0.4, -0.2) is 57.8 Å². The lowest BCUT2D eigenvalue weighted by molar-refractivity contribution is 0.0643. The minimum absolute atomic E-state index is 0.108. The molecule has 0 bridgehead atoms. The van der Waals surface area contributed by atoms with Crippen molar-refractivity contribution in [3.8, 4) is 0 Å². The number of hydrogen-bond donors (Lipinski definition) is 0. The Morgan fingerprint density at radius 3 is 2.67 bits per heavy atom. The first-order chi connectivity index (χ1) is 11.6. The van der Waals surface area contributed by atoms with Crippen molar-refractivity contribution < 1.29 is 4.79 Å². The number of piperidine rings is 1. The van der Waals surface area contributed by atoms with Gasteiger partial charge in [0, 0.05) is 50.5 Å². The van der Waals surface area contributed by atoms with E-state index in [2.05, 4.69) is 26.4 Å². The fourth-order valence-corrected chi connectivity index (χ4v) is 3.91. The highest BCUT2D eigenvalue weighted by molar-refractivity contribution is 7.03. The van der Waals surface area contributed by atoms with Crippen molar-refractivity contribution in [2.75, 3.05) is 26.7 Å². The summed E-state index contributed by atoms with van der Waals surface area (Å²) in [5, 5.41) is 1.86. The van der Waals surface area contributed by atoms with E-state index in [0.29, 0.717) is 6.04 Å². The predicted molar refractivity (Wildman–Crippen MR) is 96.3 cm³/mol. The van der Waals surface area contributed by atoms with Gasteiger partial charge in [0.15, 0.2) is 0 Å². The maximum absolute atomic E-state index is 12.6. The van der Waals surface area contributed by atoms with Crippen LogP contribution in [-0.2, 0) is 6.42 Å². The Labute approximate surface area is 147 Å². The minimum atomic E-state index is 0.108. The first-order valence-corrected chi connectivity index (χ1v) is 9.28. The molecule has 6 heteroatoms. The average molecular weight is 344 g/mol. The summed E-state index contributed by atoms with van der Waals surface area (Å²) in [5.74, 6) is 0.108. The molecule has 0 aliphatic carbocycles. The van der Waals surface area contributed by atoms with Crippen molar-refractivity contribution in [3.63, 3.8) is 0 Å². The number of nitrogens with zero attached hydrogens (tertiary/aromatic N) is 4. The van der Waals surface area contributed by atoms with Crippen LogP contribution in [0.25, 0.3) is 0 Å². The largest absolute Gasteiger partial charge is 0.339 e. The monoisotopic (exact) mass is 344 g/mol. The van der Waals surface area contributed by atoms with Crippen molar-refractivity contribution in [2.45, 2.75) is 32.2 Å². The molecule has 1 fully saturated rings. The Balaban J connectivity index is 1.48. The lowest BCUT2D eigenvalue weighted by atomic mass is 10.0. The number of rotatable bonds is 5. The van der Waals surface area contributed by atoms with E-state index in [1.807, 2.05) is 36.6 Å². The summed E-state index contributed by atoms with van der Waals surface area (Å²) in [6.45, 7) is 5.07. The molecule has 1 amide bonds. The summed E-state index contributed by atoms with van der Waals surface area (Å²) in [6.07, 6.45) is 6.83. The standard InChI is InChI=1S/C18H24N4OS/c1-14-17(13-24-20-14)18(23)21(2)16-6-11-22(12-7-16)10-5-15-3-8-19-9-4-15/h3-4,8-9,13,16H,5-7,10-12H2,1-2H3. The van der Waals surface area contributed by atoms with Gasteiger partial charge in [-0.25, -0.2) is 0 Å². The fraction of sp³-hybridized carbons (Fsp3) is 0.500. The van der Waals surface area contributed by atoms with Gasteiger partial charge in [0.1, 0.15) is 0 Å². The maximum atomic E-state index is 12.6. The van der Waals surface area contributed by atoms with Crippen molar-refractivity contribution >= 4 is 17.4 Å². The smallest absolute Gasteiger partial charge is 0.256 e. The average Bonchev–Trinajstić information content (AvgIpc) is 3.06. The number of pyridine rings is 1. The van der Waals surface area contributed by atoms with Crippen LogP contribution in [0, 0.1) is 6.92 Å². The Hall–Kier alpha value is -1.79. The highest BCUT2D eigenvalue weighted by Gasteiger charge is 2.27. The van der Waals surface area contributed by atoms with E-state index < -0.39 is 0 Å². The summed E-state index contributed by atoms with van der Waals surface area (Å²) in [6, 6.07) is 4.49. The van der Waals surface area contributed by atoms with Gasteiger partial charge >= 0.3 is 0 Å². The molecule has 0 N–H and O–H groups in total. The molecule has 0 saturated carbocycles. The number of likely N-dealkylation sites (tertiary alicyclic amines) is 1. The zero-order valence-corrected chi connectivity index (χ0v) is 15.1. The summed E-state index contributed by atoms with van der Waals surface area (Å²) < 4.78 is 4.21. The Bertz CT molecular complexity index is 665. The molecule has 2 aromatic heterocycles. The molecule has 0 atom stereocenters. The lowest BCUT2D eigenvalue weighted by Gasteiger charge is -2.36. The molecule has 3 heterocycles. The van der Waals surface area contributed by atoms with Gasteiger partial charge in [-0.15, -0.1) is 0 Å². The van der Waals surface area contributed by atoms with Crippen LogP contribution in [0.5, 0.6) is 0 Å². The second kappa shape index (κ2) is 7.85. The summed E-state index contributed by atoms with van der Waals surface area (Å²) in [4.78, 5) is 21.1. The van der Waals surface area contributed by atoms with Crippen LogP contribution >= 0.6 is 11.5 Å². The molecular formula is C18H24N4OS. The van der Waals surface area contributed by atoms with Gasteiger partial charge < -0.3 is 9.80 Å². The topological polar surface area (TPSA) is 49.3 Å². The summed E-state index contributed by atoms with van der Waals surface area (Å²) >= 11 is 1.35. The van der Waals surface area contributed by atoms with Gasteiger partial charge in [0.25, 0.3) is 5.91 Å². The van der Waals surface area contributed by atoms with Gasteiger partial charge in [-0.1, -0.05) is 0 Å². The van der Waals surface area contributed by atoms with E-state index in [4.69, 9.17) is 0 Å². The second-order valence-corrected chi connectivity index (χ2v) is 7.04. The Morgan fingerprint density at radius 2 is 2.04 bits per heavy atom. The number of aromatic nitrogens is 2. The number of aryl methyl sites for hydroxylation is 1. The molecule has 0 unspecified atom stereocenters. The molecule has 0 aromatic carbocycles. The van der Waals surface area contributed by atoms with Crippen molar-refractivity contribution in [3.05, 3.63) is 46.7 Å². The second-order valence-electron chi connectivity index (χ2n) is 6.41. The van der Waals surface area contributed by atoms with E-state index in [1.54, 1.807) is 0 Å². The van der Waals surface area contributed by atoms with Crippen LogP contribution in [0.3, 0.4) is 0 Å². The highest BCUT2D eigenvalue weighted by Crippen LogP contribution is 2.19. The summed E-state index contributed by atoms with van der Waals surface area (Å²) in [7, 11) is 1.93. The Kier molecular flexibility index (Phi) is 5.58. The third kappa shape index (κ3) is 3.99. The van der Waals surface area contributed by atoms with Crippen LogP contribution in [0.4, 0.5) is 0 Å². The van der Waals surface area contributed by atoms with Crippen LogP contribution in [0.1, 0.15) is 34.5 Å². The van der Waals surface area contributed by atoms with Gasteiger partial charge in [0.2, 0.25) is 0 Å². The van der Waals surface area contributed by atoms with E-state index in [1.165, 1.54) is 17.1 Å². The molecule has 0 radical (unpaired) electrons. The van der Waals surface area contributed by atoms with E-state index >= 15 is 0 Å². The molecular weight excluding hydrogens is 320 g/mol. The van der Waals surface area contributed by atoms with Crippen LogP contribution < -0.4 is 0 Å². The van der Waals surface area contributed by atoms with Crippen molar-refractivity contribution in [2.24, 2.45) is 0 Å². The van der Waals surface area contributed by atoms with Gasteiger partial charge in [0.05, 0.1) is 11.3 Å². The molecule has 2 aromatic rings. The molecule has 1 aliphatic heterocycles. The molecule has 0 spiro atoms. The molecule has 1 aliphatic rings. The molecule has 24 heavy (non-hydrogen) atoms. The number of carbonyl (C=O) groups is 1. The molecule has 5 nitrogen and oxygen atoms in total. The van der Waals surface area contributed by atoms with Gasteiger partial charge in [-0.2, -0.15) is 4.37 Å². The normalized spacial score (nSPS) is 16.2. The molecule has 3 rings (SSSR count). The third-order valence-electron chi connectivity index (χ3n) is 4.87. The molecule has 128 valence electrons. The summed E-state index contributed by atoms with van der Waals surface area (Å²) in [5.41, 5.74) is 2.93. The van der Waals surface area contributed by atoms with Crippen LogP contribution in [0.2, 0.25) is 0 Å². The molecule has 1 saturated heterocycles. The first-order valence-electron chi connectivity index (χ1n) is 8.44.